The van der Waals surface area contributed by atoms with Crippen molar-refractivity contribution in [1.82, 2.24) is 9.97 Å². The highest BCUT2D eigenvalue weighted by Gasteiger charge is 2.16. The predicted octanol–water partition coefficient (Wildman–Crippen LogP) is 3.25. The molecule has 0 aliphatic heterocycles. The van der Waals surface area contributed by atoms with Crippen LogP contribution in [0.25, 0.3) is 11.4 Å². The molecule has 1 fully saturated rings. The first-order valence-electron chi connectivity index (χ1n) is 7.45. The molecule has 1 saturated carbocycles. The monoisotopic (exact) mass is 298 g/mol. The molecule has 1 aromatic heterocycles. The van der Waals surface area contributed by atoms with Crippen molar-refractivity contribution in [1.29, 1.82) is 0 Å². The summed E-state index contributed by atoms with van der Waals surface area (Å²) in [7, 11) is 1.33. The van der Waals surface area contributed by atoms with Crippen molar-refractivity contribution >= 4 is 5.97 Å². The molecule has 0 unspecified atom stereocenters. The number of aromatic nitrogens is 2. The van der Waals surface area contributed by atoms with Crippen LogP contribution in [-0.2, 0) is 4.74 Å². The second-order valence-corrected chi connectivity index (χ2v) is 5.31. The number of carbonyl (C=O) groups excluding carboxylic acids is 1. The number of rotatable bonds is 4. The van der Waals surface area contributed by atoms with Gasteiger partial charge in [-0.1, -0.05) is 0 Å². The quantitative estimate of drug-likeness (QED) is 0.811. The Balaban J connectivity index is 1.76. The zero-order valence-electron chi connectivity index (χ0n) is 12.5. The molecule has 0 bridgehead atoms. The van der Waals surface area contributed by atoms with E-state index in [0.29, 0.717) is 11.9 Å². The highest BCUT2D eigenvalue weighted by atomic mass is 16.5. The maximum Gasteiger partial charge on any atom is 0.356 e. The fraction of sp³-hybridized carbons (Fsp3) is 0.353. The summed E-state index contributed by atoms with van der Waals surface area (Å²) < 4.78 is 10.6. The van der Waals surface area contributed by atoms with Crippen LogP contribution in [0.2, 0.25) is 0 Å². The molecular formula is C17H18N2O3. The normalized spacial score (nSPS) is 14.8. The van der Waals surface area contributed by atoms with E-state index >= 15 is 0 Å². The van der Waals surface area contributed by atoms with Gasteiger partial charge in [0, 0.05) is 11.8 Å². The zero-order valence-corrected chi connectivity index (χ0v) is 12.5. The van der Waals surface area contributed by atoms with E-state index in [2.05, 4.69) is 14.7 Å². The second kappa shape index (κ2) is 6.56. The fourth-order valence-electron chi connectivity index (χ4n) is 2.60. The van der Waals surface area contributed by atoms with Crippen LogP contribution in [0.5, 0.6) is 5.75 Å². The van der Waals surface area contributed by atoms with Gasteiger partial charge in [0.15, 0.2) is 11.5 Å². The molecule has 1 aliphatic carbocycles. The molecule has 0 spiro atoms. The van der Waals surface area contributed by atoms with Crippen LogP contribution in [0.4, 0.5) is 0 Å². The van der Waals surface area contributed by atoms with Crippen LogP contribution >= 0.6 is 0 Å². The average Bonchev–Trinajstić information content (AvgIpc) is 3.08. The van der Waals surface area contributed by atoms with Gasteiger partial charge in [0.25, 0.3) is 0 Å². The molecule has 2 aromatic rings. The molecule has 1 aromatic carbocycles. The summed E-state index contributed by atoms with van der Waals surface area (Å²) in [5.74, 6) is 0.889. The molecule has 0 atom stereocenters. The molecule has 1 heterocycles. The van der Waals surface area contributed by atoms with E-state index in [4.69, 9.17) is 4.74 Å². The highest BCUT2D eigenvalue weighted by molar-refractivity contribution is 5.87. The Morgan fingerprint density at radius 2 is 1.86 bits per heavy atom. The van der Waals surface area contributed by atoms with Crippen LogP contribution < -0.4 is 4.74 Å². The molecule has 0 N–H and O–H groups in total. The molecule has 0 amide bonds. The first-order chi connectivity index (χ1) is 10.8. The Labute approximate surface area is 129 Å². The van der Waals surface area contributed by atoms with Gasteiger partial charge in [-0.05, 0) is 56.0 Å². The lowest BCUT2D eigenvalue weighted by molar-refractivity contribution is 0.0594. The van der Waals surface area contributed by atoms with Crippen molar-refractivity contribution in [2.45, 2.75) is 31.8 Å². The van der Waals surface area contributed by atoms with E-state index < -0.39 is 5.97 Å². The third-order valence-corrected chi connectivity index (χ3v) is 3.77. The third-order valence-electron chi connectivity index (χ3n) is 3.77. The van der Waals surface area contributed by atoms with Crippen molar-refractivity contribution in [2.24, 2.45) is 0 Å². The minimum Gasteiger partial charge on any atom is -0.490 e. The largest absolute Gasteiger partial charge is 0.490 e. The summed E-state index contributed by atoms with van der Waals surface area (Å²) in [6.45, 7) is 0. The number of carbonyl (C=O) groups is 1. The molecule has 5 nitrogen and oxygen atoms in total. The van der Waals surface area contributed by atoms with Gasteiger partial charge in [-0.2, -0.15) is 0 Å². The van der Waals surface area contributed by atoms with Crippen LogP contribution in [0.1, 0.15) is 36.2 Å². The number of methoxy groups -OCH3 is 1. The fourth-order valence-corrected chi connectivity index (χ4v) is 2.60. The Bertz CT molecular complexity index is 649. The topological polar surface area (TPSA) is 61.3 Å². The SMILES string of the molecule is COC(=O)c1ccnc(-c2ccc(OC3CCCC3)cc2)n1. The van der Waals surface area contributed by atoms with Crippen molar-refractivity contribution in [3.8, 4) is 17.1 Å². The predicted molar refractivity (Wildman–Crippen MR) is 81.7 cm³/mol. The van der Waals surface area contributed by atoms with E-state index in [0.717, 1.165) is 24.2 Å². The number of hydrogen-bond acceptors (Lipinski definition) is 5. The molecular weight excluding hydrogens is 280 g/mol. The van der Waals surface area contributed by atoms with Crippen molar-refractivity contribution in [2.75, 3.05) is 7.11 Å². The van der Waals surface area contributed by atoms with Gasteiger partial charge in [-0.25, -0.2) is 14.8 Å². The molecule has 5 heteroatoms. The van der Waals surface area contributed by atoms with Crippen molar-refractivity contribution in [3.63, 3.8) is 0 Å². The van der Waals surface area contributed by atoms with Crippen LogP contribution in [0.3, 0.4) is 0 Å². The second-order valence-electron chi connectivity index (χ2n) is 5.31. The summed E-state index contributed by atoms with van der Waals surface area (Å²) in [5, 5.41) is 0. The van der Waals surface area contributed by atoms with Gasteiger partial charge in [0.2, 0.25) is 0 Å². The molecule has 3 rings (SSSR count). The number of hydrogen-bond donors (Lipinski definition) is 0. The van der Waals surface area contributed by atoms with Crippen LogP contribution in [0.15, 0.2) is 36.5 Å². The standard InChI is InChI=1S/C17H18N2O3/c1-21-17(20)15-10-11-18-16(19-15)12-6-8-14(9-7-12)22-13-4-2-3-5-13/h6-11,13H,2-5H2,1H3. The van der Waals surface area contributed by atoms with Crippen LogP contribution in [0, 0.1) is 0 Å². The molecule has 1 aliphatic rings. The van der Waals surface area contributed by atoms with E-state index in [1.807, 2.05) is 24.3 Å². The van der Waals surface area contributed by atoms with E-state index in [9.17, 15) is 4.79 Å². The minimum atomic E-state index is -0.468. The van der Waals surface area contributed by atoms with Gasteiger partial charge in [0.05, 0.1) is 13.2 Å². The lowest BCUT2D eigenvalue weighted by Gasteiger charge is -2.13. The van der Waals surface area contributed by atoms with E-state index in [1.54, 1.807) is 6.20 Å². The number of benzene rings is 1. The number of esters is 1. The van der Waals surface area contributed by atoms with Gasteiger partial charge >= 0.3 is 5.97 Å². The van der Waals surface area contributed by atoms with Crippen LogP contribution in [-0.4, -0.2) is 29.2 Å². The maximum absolute atomic E-state index is 11.5. The van der Waals surface area contributed by atoms with Gasteiger partial charge < -0.3 is 9.47 Å². The van der Waals surface area contributed by atoms with E-state index in [-0.39, 0.29) is 5.69 Å². The van der Waals surface area contributed by atoms with Gasteiger partial charge in [0.1, 0.15) is 5.75 Å². The lowest BCUT2D eigenvalue weighted by atomic mass is 10.2. The van der Waals surface area contributed by atoms with Crippen molar-refractivity contribution in [3.05, 3.63) is 42.2 Å². The smallest absolute Gasteiger partial charge is 0.356 e. The Hall–Kier alpha value is -2.43. The van der Waals surface area contributed by atoms with Gasteiger partial charge in [-0.3, -0.25) is 0 Å². The Morgan fingerprint density at radius 3 is 2.55 bits per heavy atom. The number of ether oxygens (including phenoxy) is 2. The Kier molecular flexibility index (Phi) is 4.32. The minimum absolute atomic E-state index is 0.249. The average molecular weight is 298 g/mol. The molecule has 0 saturated heterocycles. The molecule has 114 valence electrons. The molecule has 0 radical (unpaired) electrons. The highest BCUT2D eigenvalue weighted by Crippen LogP contribution is 2.25. The number of nitrogens with zero attached hydrogens (tertiary/aromatic N) is 2. The third kappa shape index (κ3) is 3.24. The zero-order chi connectivity index (χ0) is 15.4. The Morgan fingerprint density at radius 1 is 1.14 bits per heavy atom. The summed E-state index contributed by atoms with van der Waals surface area (Å²) in [5.41, 5.74) is 1.09. The molecule has 22 heavy (non-hydrogen) atoms. The maximum atomic E-state index is 11.5. The van der Waals surface area contributed by atoms with Crippen molar-refractivity contribution < 1.29 is 14.3 Å². The lowest BCUT2D eigenvalue weighted by Crippen LogP contribution is -2.10. The van der Waals surface area contributed by atoms with Gasteiger partial charge in [-0.15, -0.1) is 0 Å². The summed E-state index contributed by atoms with van der Waals surface area (Å²) in [6, 6.07) is 9.18. The summed E-state index contributed by atoms with van der Waals surface area (Å²) >= 11 is 0. The van der Waals surface area contributed by atoms with E-state index in [1.165, 1.54) is 26.0 Å². The first-order valence-corrected chi connectivity index (χ1v) is 7.45. The summed E-state index contributed by atoms with van der Waals surface area (Å²) in [6.07, 6.45) is 6.65. The first kappa shape index (κ1) is 14.5. The summed E-state index contributed by atoms with van der Waals surface area (Å²) in [4.78, 5) is 19.9.